The Kier molecular flexibility index (Phi) is 4.93. The van der Waals surface area contributed by atoms with Gasteiger partial charge in [-0.25, -0.2) is 0 Å². The number of carbonyl (C=O) groups excluding carboxylic acids is 1. The van der Waals surface area contributed by atoms with Crippen LogP contribution in [-0.2, 0) is 9.53 Å². The van der Waals surface area contributed by atoms with Crippen molar-refractivity contribution in [2.45, 2.75) is 57.6 Å². The third-order valence-corrected chi connectivity index (χ3v) is 3.99. The molecule has 0 aromatic rings. The number of carbonyl (C=O) groups is 1. The highest BCUT2D eigenvalue weighted by atomic mass is 16.5. The zero-order chi connectivity index (χ0) is 12.2. The minimum Gasteiger partial charge on any atom is -0.378 e. The van der Waals surface area contributed by atoms with Crippen LogP contribution in [0.3, 0.4) is 0 Å². The second-order valence-electron chi connectivity index (χ2n) is 5.12. The molecule has 0 aromatic carbocycles. The summed E-state index contributed by atoms with van der Waals surface area (Å²) in [6.45, 7) is 4.98. The van der Waals surface area contributed by atoms with Crippen molar-refractivity contribution >= 4 is 5.78 Å². The molecule has 0 bridgehead atoms. The Balaban J connectivity index is 2.43. The highest BCUT2D eigenvalue weighted by molar-refractivity contribution is 5.87. The summed E-state index contributed by atoms with van der Waals surface area (Å²) in [4.78, 5) is 14.2. The first kappa shape index (κ1) is 13.7. The normalized spacial score (nSPS) is 24.7. The SMILES string of the molecule is CCC(C)(C(=O)CCC1CCCO1)N(C)C. The molecule has 0 amide bonds. The largest absolute Gasteiger partial charge is 0.378 e. The molecule has 2 unspecified atom stereocenters. The standard InChI is InChI=1S/C13H25NO2/c1-5-13(2,14(3)4)12(15)9-8-11-7-6-10-16-11/h11H,5-10H2,1-4H3. The second kappa shape index (κ2) is 5.78. The Morgan fingerprint density at radius 1 is 1.50 bits per heavy atom. The van der Waals surface area contributed by atoms with Crippen LogP contribution in [0.4, 0.5) is 0 Å². The number of likely N-dealkylation sites (N-methyl/N-ethyl adjacent to an activating group) is 1. The number of Topliss-reactive ketones (excluding diaryl/α,β-unsaturated/α-hetero) is 1. The fraction of sp³-hybridized carbons (Fsp3) is 0.923. The number of hydrogen-bond acceptors (Lipinski definition) is 3. The fourth-order valence-electron chi connectivity index (χ4n) is 2.20. The van der Waals surface area contributed by atoms with Gasteiger partial charge in [-0.2, -0.15) is 0 Å². The molecule has 0 aromatic heterocycles. The van der Waals surface area contributed by atoms with Gasteiger partial charge in [0.15, 0.2) is 5.78 Å². The second-order valence-corrected chi connectivity index (χ2v) is 5.12. The first-order valence-electron chi connectivity index (χ1n) is 6.33. The van der Waals surface area contributed by atoms with Crippen LogP contribution in [0.2, 0.25) is 0 Å². The maximum atomic E-state index is 12.2. The lowest BCUT2D eigenvalue weighted by molar-refractivity contribution is -0.129. The quantitative estimate of drug-likeness (QED) is 0.697. The van der Waals surface area contributed by atoms with E-state index in [1.807, 2.05) is 25.9 Å². The van der Waals surface area contributed by atoms with Gasteiger partial charge in [0.25, 0.3) is 0 Å². The minimum absolute atomic E-state index is 0.307. The number of nitrogens with zero attached hydrogens (tertiary/aromatic N) is 1. The molecule has 0 saturated carbocycles. The van der Waals surface area contributed by atoms with Crippen molar-refractivity contribution in [2.24, 2.45) is 0 Å². The Hall–Kier alpha value is -0.410. The summed E-state index contributed by atoms with van der Waals surface area (Å²) in [7, 11) is 3.96. The molecule has 0 spiro atoms. The van der Waals surface area contributed by atoms with Gasteiger partial charge < -0.3 is 4.74 Å². The highest BCUT2D eigenvalue weighted by Crippen LogP contribution is 2.23. The third-order valence-electron chi connectivity index (χ3n) is 3.99. The molecule has 94 valence electrons. The average molecular weight is 227 g/mol. The molecule has 1 aliphatic rings. The molecule has 1 fully saturated rings. The van der Waals surface area contributed by atoms with E-state index in [0.29, 0.717) is 18.3 Å². The monoisotopic (exact) mass is 227 g/mol. The van der Waals surface area contributed by atoms with Crippen molar-refractivity contribution < 1.29 is 9.53 Å². The molecule has 0 aliphatic carbocycles. The van der Waals surface area contributed by atoms with E-state index in [2.05, 4.69) is 6.92 Å². The average Bonchev–Trinajstić information content (AvgIpc) is 2.77. The zero-order valence-electron chi connectivity index (χ0n) is 11.1. The van der Waals surface area contributed by atoms with E-state index < -0.39 is 0 Å². The van der Waals surface area contributed by atoms with Crippen molar-refractivity contribution in [3.05, 3.63) is 0 Å². The number of ketones is 1. The van der Waals surface area contributed by atoms with E-state index in [4.69, 9.17) is 4.74 Å². The predicted molar refractivity (Wildman–Crippen MR) is 65.6 cm³/mol. The summed E-state index contributed by atoms with van der Waals surface area (Å²) in [5.74, 6) is 0.343. The van der Waals surface area contributed by atoms with Crippen LogP contribution in [0.25, 0.3) is 0 Å². The summed E-state index contributed by atoms with van der Waals surface area (Å²) in [6.07, 6.45) is 5.00. The molecular formula is C13H25NO2. The molecule has 3 heteroatoms. The van der Waals surface area contributed by atoms with Crippen LogP contribution in [0.5, 0.6) is 0 Å². The van der Waals surface area contributed by atoms with Gasteiger partial charge in [-0.15, -0.1) is 0 Å². The van der Waals surface area contributed by atoms with E-state index in [1.54, 1.807) is 0 Å². The van der Waals surface area contributed by atoms with Gasteiger partial charge >= 0.3 is 0 Å². The molecule has 1 rings (SSSR count). The van der Waals surface area contributed by atoms with E-state index in [1.165, 1.54) is 0 Å². The van der Waals surface area contributed by atoms with E-state index in [0.717, 1.165) is 32.3 Å². The predicted octanol–water partition coefficient (Wildman–Crippen LogP) is 2.25. The zero-order valence-corrected chi connectivity index (χ0v) is 11.1. The summed E-state index contributed by atoms with van der Waals surface area (Å²) in [5, 5.41) is 0. The van der Waals surface area contributed by atoms with Crippen molar-refractivity contribution in [1.29, 1.82) is 0 Å². The smallest absolute Gasteiger partial charge is 0.152 e. The highest BCUT2D eigenvalue weighted by Gasteiger charge is 2.33. The molecule has 1 aliphatic heterocycles. The van der Waals surface area contributed by atoms with Crippen molar-refractivity contribution in [3.8, 4) is 0 Å². The lowest BCUT2D eigenvalue weighted by Crippen LogP contribution is -2.48. The Morgan fingerprint density at radius 2 is 2.19 bits per heavy atom. The van der Waals surface area contributed by atoms with Crippen molar-refractivity contribution in [2.75, 3.05) is 20.7 Å². The Labute approximate surface area is 99.1 Å². The Morgan fingerprint density at radius 3 is 2.62 bits per heavy atom. The van der Waals surface area contributed by atoms with Gasteiger partial charge in [0.1, 0.15) is 0 Å². The maximum Gasteiger partial charge on any atom is 0.152 e. The van der Waals surface area contributed by atoms with Crippen LogP contribution in [0.15, 0.2) is 0 Å². The van der Waals surface area contributed by atoms with E-state index in [9.17, 15) is 4.79 Å². The number of hydrogen-bond donors (Lipinski definition) is 0. The lowest BCUT2D eigenvalue weighted by Gasteiger charge is -2.34. The maximum absolute atomic E-state index is 12.2. The van der Waals surface area contributed by atoms with Gasteiger partial charge in [0.2, 0.25) is 0 Å². The van der Waals surface area contributed by atoms with Crippen LogP contribution in [-0.4, -0.2) is 43.0 Å². The molecule has 0 radical (unpaired) electrons. The van der Waals surface area contributed by atoms with Crippen molar-refractivity contribution in [3.63, 3.8) is 0 Å². The minimum atomic E-state index is -0.307. The summed E-state index contributed by atoms with van der Waals surface area (Å²) >= 11 is 0. The van der Waals surface area contributed by atoms with Gasteiger partial charge in [-0.1, -0.05) is 6.92 Å². The van der Waals surface area contributed by atoms with Gasteiger partial charge in [0, 0.05) is 13.0 Å². The molecule has 1 heterocycles. The first-order chi connectivity index (χ1) is 7.50. The van der Waals surface area contributed by atoms with E-state index >= 15 is 0 Å². The molecule has 3 nitrogen and oxygen atoms in total. The van der Waals surface area contributed by atoms with E-state index in [-0.39, 0.29) is 5.54 Å². The number of ether oxygens (including phenoxy) is 1. The summed E-state index contributed by atoms with van der Waals surface area (Å²) in [5.41, 5.74) is -0.307. The molecule has 16 heavy (non-hydrogen) atoms. The third kappa shape index (κ3) is 3.05. The van der Waals surface area contributed by atoms with Gasteiger partial charge in [-0.05, 0) is 46.7 Å². The van der Waals surface area contributed by atoms with Gasteiger partial charge in [0.05, 0.1) is 11.6 Å². The first-order valence-corrected chi connectivity index (χ1v) is 6.33. The topological polar surface area (TPSA) is 29.5 Å². The van der Waals surface area contributed by atoms with Crippen LogP contribution in [0.1, 0.15) is 46.0 Å². The molecule has 0 N–H and O–H groups in total. The lowest BCUT2D eigenvalue weighted by atomic mass is 9.88. The van der Waals surface area contributed by atoms with Crippen LogP contribution < -0.4 is 0 Å². The Bertz CT molecular complexity index is 234. The van der Waals surface area contributed by atoms with Crippen LogP contribution >= 0.6 is 0 Å². The summed E-state index contributed by atoms with van der Waals surface area (Å²) in [6, 6.07) is 0. The molecule has 2 atom stereocenters. The molecular weight excluding hydrogens is 202 g/mol. The van der Waals surface area contributed by atoms with Gasteiger partial charge in [-0.3, -0.25) is 9.69 Å². The van der Waals surface area contributed by atoms with Crippen molar-refractivity contribution in [1.82, 2.24) is 4.90 Å². The molecule has 1 saturated heterocycles. The number of rotatable bonds is 6. The fourth-order valence-corrected chi connectivity index (χ4v) is 2.20. The van der Waals surface area contributed by atoms with Crippen LogP contribution in [0, 0.1) is 0 Å². The summed E-state index contributed by atoms with van der Waals surface area (Å²) < 4.78 is 5.54.